The summed E-state index contributed by atoms with van der Waals surface area (Å²) in [6.07, 6.45) is 2.54. The number of fused-ring (bicyclic) bond motifs is 1. The predicted molar refractivity (Wildman–Crippen MR) is 105 cm³/mol. The molecule has 3 aliphatic heterocycles. The van der Waals surface area contributed by atoms with Gasteiger partial charge in [-0.3, -0.25) is 29.4 Å². The fourth-order valence-electron chi connectivity index (χ4n) is 4.62. The molecule has 0 aliphatic carbocycles. The Labute approximate surface area is 169 Å². The number of amides is 4. The Morgan fingerprint density at radius 3 is 2.72 bits per heavy atom. The molecule has 3 N–H and O–H groups in total. The molecule has 0 spiro atoms. The summed E-state index contributed by atoms with van der Waals surface area (Å²) >= 11 is 0. The molecule has 29 heavy (non-hydrogen) atoms. The molecule has 4 rings (SSSR count). The SMILES string of the molecule is CCC[C@@H]1CNC[C@@H]1NCc1cccc2c1C(=O)N(C1CCC(=O)NC1=O)C2=O. The van der Waals surface area contributed by atoms with Crippen molar-refractivity contribution in [2.45, 2.75) is 51.2 Å². The molecule has 1 aromatic rings. The van der Waals surface area contributed by atoms with Gasteiger partial charge in [0.25, 0.3) is 11.8 Å². The van der Waals surface area contributed by atoms with E-state index in [-0.39, 0.29) is 18.7 Å². The highest BCUT2D eigenvalue weighted by Gasteiger charge is 2.45. The lowest BCUT2D eigenvalue weighted by Gasteiger charge is -2.27. The van der Waals surface area contributed by atoms with E-state index in [1.165, 1.54) is 0 Å². The lowest BCUT2D eigenvalue weighted by Crippen LogP contribution is -2.54. The monoisotopic (exact) mass is 398 g/mol. The van der Waals surface area contributed by atoms with Crippen LogP contribution in [-0.2, 0) is 16.1 Å². The van der Waals surface area contributed by atoms with Gasteiger partial charge in [0.2, 0.25) is 11.8 Å². The number of carbonyl (C=O) groups is 4. The van der Waals surface area contributed by atoms with Crippen molar-refractivity contribution in [2.75, 3.05) is 13.1 Å². The van der Waals surface area contributed by atoms with Gasteiger partial charge in [-0.2, -0.15) is 0 Å². The van der Waals surface area contributed by atoms with Gasteiger partial charge in [-0.05, 0) is 36.9 Å². The summed E-state index contributed by atoms with van der Waals surface area (Å²) in [5.41, 5.74) is 1.46. The minimum atomic E-state index is -0.936. The number of piperidine rings is 1. The Morgan fingerprint density at radius 2 is 1.97 bits per heavy atom. The predicted octanol–water partition coefficient (Wildman–Crippen LogP) is 0.566. The molecule has 3 heterocycles. The fourth-order valence-corrected chi connectivity index (χ4v) is 4.62. The summed E-state index contributed by atoms with van der Waals surface area (Å²) in [6, 6.07) is 4.63. The van der Waals surface area contributed by atoms with Crippen LogP contribution in [-0.4, -0.2) is 53.7 Å². The first-order valence-corrected chi connectivity index (χ1v) is 10.3. The number of hydrogen-bond donors (Lipinski definition) is 3. The summed E-state index contributed by atoms with van der Waals surface area (Å²) < 4.78 is 0. The number of nitrogens with zero attached hydrogens (tertiary/aromatic N) is 1. The van der Waals surface area contributed by atoms with E-state index in [0.29, 0.717) is 29.6 Å². The van der Waals surface area contributed by atoms with Gasteiger partial charge in [-0.25, -0.2) is 0 Å². The van der Waals surface area contributed by atoms with Crippen LogP contribution in [0.2, 0.25) is 0 Å². The summed E-state index contributed by atoms with van der Waals surface area (Å²) in [5.74, 6) is -1.33. The van der Waals surface area contributed by atoms with Gasteiger partial charge < -0.3 is 10.6 Å². The van der Waals surface area contributed by atoms with Gasteiger partial charge in [0.1, 0.15) is 6.04 Å². The molecule has 0 bridgehead atoms. The Kier molecular flexibility index (Phi) is 5.47. The first-order chi connectivity index (χ1) is 14.0. The standard InChI is InChI=1S/C21H26N4O4/c1-2-4-12-9-22-11-15(12)23-10-13-5-3-6-14-18(13)21(29)25(20(14)28)16-7-8-17(26)24-19(16)27/h3,5-6,12,15-16,22-23H,2,4,7-11H2,1H3,(H,24,26,27)/t12-,15+,16?/m1/s1. The fraction of sp³-hybridized carbons (Fsp3) is 0.524. The Bertz CT molecular complexity index is 868. The van der Waals surface area contributed by atoms with Crippen molar-refractivity contribution >= 4 is 23.6 Å². The topological polar surface area (TPSA) is 108 Å². The Hall–Kier alpha value is -2.58. The van der Waals surface area contributed by atoms with Gasteiger partial charge in [0.05, 0.1) is 11.1 Å². The van der Waals surface area contributed by atoms with E-state index in [9.17, 15) is 19.2 Å². The van der Waals surface area contributed by atoms with Gasteiger partial charge in [-0.15, -0.1) is 0 Å². The maximum absolute atomic E-state index is 13.1. The van der Waals surface area contributed by atoms with Crippen molar-refractivity contribution in [3.8, 4) is 0 Å². The Balaban J connectivity index is 1.53. The van der Waals surface area contributed by atoms with Crippen molar-refractivity contribution in [2.24, 2.45) is 5.92 Å². The third kappa shape index (κ3) is 3.58. The molecule has 1 aromatic carbocycles. The molecule has 1 unspecified atom stereocenters. The molecule has 3 aliphatic rings. The third-order valence-electron chi connectivity index (χ3n) is 6.11. The molecule has 0 saturated carbocycles. The smallest absolute Gasteiger partial charge is 0.262 e. The molecule has 2 saturated heterocycles. The zero-order valence-electron chi connectivity index (χ0n) is 16.5. The normalized spacial score (nSPS) is 26.8. The number of carbonyl (C=O) groups excluding carboxylic acids is 4. The van der Waals surface area contributed by atoms with Crippen LogP contribution in [0, 0.1) is 5.92 Å². The van der Waals surface area contributed by atoms with E-state index in [2.05, 4.69) is 22.9 Å². The van der Waals surface area contributed by atoms with Crippen LogP contribution in [0.15, 0.2) is 18.2 Å². The summed E-state index contributed by atoms with van der Waals surface area (Å²) in [6.45, 7) is 4.53. The molecule has 4 amide bonds. The second-order valence-corrected chi connectivity index (χ2v) is 7.98. The van der Waals surface area contributed by atoms with Crippen molar-refractivity contribution in [3.05, 3.63) is 34.9 Å². The summed E-state index contributed by atoms with van der Waals surface area (Å²) in [7, 11) is 0. The number of benzene rings is 1. The molecule has 0 aromatic heterocycles. The van der Waals surface area contributed by atoms with E-state index < -0.39 is 23.8 Å². The average molecular weight is 398 g/mol. The van der Waals surface area contributed by atoms with Crippen LogP contribution in [0.3, 0.4) is 0 Å². The van der Waals surface area contributed by atoms with E-state index in [1.54, 1.807) is 12.1 Å². The summed E-state index contributed by atoms with van der Waals surface area (Å²) in [4.78, 5) is 50.7. The van der Waals surface area contributed by atoms with Crippen molar-refractivity contribution < 1.29 is 19.2 Å². The lowest BCUT2D eigenvalue weighted by atomic mass is 9.97. The molecule has 2 fully saturated rings. The quantitative estimate of drug-likeness (QED) is 0.605. The lowest BCUT2D eigenvalue weighted by molar-refractivity contribution is -0.136. The molecular formula is C21H26N4O4. The van der Waals surface area contributed by atoms with Gasteiger partial charge in [0, 0.05) is 25.6 Å². The first-order valence-electron chi connectivity index (χ1n) is 10.3. The van der Waals surface area contributed by atoms with Gasteiger partial charge in [0.15, 0.2) is 0 Å². The maximum Gasteiger partial charge on any atom is 0.262 e. The number of hydrogen-bond acceptors (Lipinski definition) is 6. The van der Waals surface area contributed by atoms with Crippen LogP contribution in [0.5, 0.6) is 0 Å². The zero-order valence-corrected chi connectivity index (χ0v) is 16.5. The maximum atomic E-state index is 13.1. The van der Waals surface area contributed by atoms with Crippen molar-refractivity contribution in [1.29, 1.82) is 0 Å². The highest BCUT2D eigenvalue weighted by Crippen LogP contribution is 2.30. The molecule has 8 heteroatoms. The number of rotatable bonds is 6. The molecule has 154 valence electrons. The summed E-state index contributed by atoms with van der Waals surface area (Å²) in [5, 5.41) is 9.17. The Morgan fingerprint density at radius 1 is 1.14 bits per heavy atom. The molecule has 0 radical (unpaired) electrons. The average Bonchev–Trinajstić information content (AvgIpc) is 3.24. The number of nitrogens with one attached hydrogen (secondary N) is 3. The third-order valence-corrected chi connectivity index (χ3v) is 6.11. The highest BCUT2D eigenvalue weighted by atomic mass is 16.2. The number of imide groups is 2. The van der Waals surface area contributed by atoms with Crippen molar-refractivity contribution in [3.63, 3.8) is 0 Å². The van der Waals surface area contributed by atoms with Crippen LogP contribution >= 0.6 is 0 Å². The van der Waals surface area contributed by atoms with Crippen LogP contribution in [0.25, 0.3) is 0 Å². The van der Waals surface area contributed by atoms with E-state index in [0.717, 1.165) is 36.4 Å². The van der Waals surface area contributed by atoms with Crippen LogP contribution < -0.4 is 16.0 Å². The van der Waals surface area contributed by atoms with Gasteiger partial charge >= 0.3 is 0 Å². The zero-order chi connectivity index (χ0) is 20.5. The highest BCUT2D eigenvalue weighted by molar-refractivity contribution is 6.24. The largest absolute Gasteiger partial charge is 0.315 e. The second-order valence-electron chi connectivity index (χ2n) is 7.98. The minimum absolute atomic E-state index is 0.117. The first kappa shape index (κ1) is 19.7. The van der Waals surface area contributed by atoms with Crippen LogP contribution in [0.1, 0.15) is 58.9 Å². The van der Waals surface area contributed by atoms with E-state index in [1.807, 2.05) is 6.07 Å². The van der Waals surface area contributed by atoms with Gasteiger partial charge in [-0.1, -0.05) is 25.5 Å². The molecular weight excluding hydrogens is 372 g/mol. The second kappa shape index (κ2) is 8.04. The minimum Gasteiger partial charge on any atom is -0.315 e. The van der Waals surface area contributed by atoms with E-state index in [4.69, 9.17) is 0 Å². The van der Waals surface area contributed by atoms with E-state index >= 15 is 0 Å². The van der Waals surface area contributed by atoms with Crippen LogP contribution in [0.4, 0.5) is 0 Å². The molecule has 8 nitrogen and oxygen atoms in total. The van der Waals surface area contributed by atoms with Crippen molar-refractivity contribution in [1.82, 2.24) is 20.9 Å². The molecule has 3 atom stereocenters.